The molecular weight excluding hydrogens is 844 g/mol. The van der Waals surface area contributed by atoms with Gasteiger partial charge < -0.3 is 29.5 Å². The van der Waals surface area contributed by atoms with E-state index >= 15 is 0 Å². The molecule has 7 rings (SSSR count). The van der Waals surface area contributed by atoms with Gasteiger partial charge in [0.2, 0.25) is 11.8 Å². The zero-order chi connectivity index (χ0) is 46.2. The summed E-state index contributed by atoms with van der Waals surface area (Å²) in [6, 6.07) is 17.2. The highest BCUT2D eigenvalue weighted by atomic mass is 35.5. The van der Waals surface area contributed by atoms with Crippen LogP contribution < -0.4 is 15.1 Å². The van der Waals surface area contributed by atoms with Crippen LogP contribution in [0.25, 0.3) is 16.6 Å². The Balaban J connectivity index is 1.20. The molecule has 2 saturated heterocycles. The number of rotatable bonds is 10. The first kappa shape index (κ1) is 45.4. The van der Waals surface area contributed by atoms with Crippen molar-refractivity contribution in [2.45, 2.75) is 85.1 Å². The number of benzene rings is 3. The van der Waals surface area contributed by atoms with Crippen LogP contribution in [0.15, 0.2) is 73.1 Å². The van der Waals surface area contributed by atoms with E-state index < -0.39 is 47.0 Å². The average Bonchev–Trinajstić information content (AvgIpc) is 3.89. The smallest absolute Gasteiger partial charge is 0.419 e. The van der Waals surface area contributed by atoms with Crippen LogP contribution in [0.2, 0.25) is 5.02 Å². The van der Waals surface area contributed by atoms with Crippen molar-refractivity contribution >= 4 is 75.3 Å². The second kappa shape index (κ2) is 17.8. The zero-order valence-electron chi connectivity index (χ0n) is 37.0. The number of nitrogens with one attached hydrogen (secondary N) is 1. The standard InChI is InChI=1S/C45H51ClN10O8/c1-27(2)51-17-18-52(38(57)25-51)32-13-9-28(10-14-32)21-36(54-20-19-53(40(59)41(54)60)35-24-30(46)11-15-34(35)55-26-47-49-50-55)39(58)48-31-12-16-33-29(22-31)23-37(42(61)63-44(3,4)5)56(33)43(62)64-45(6,7)8/h9-16,22-24,26-27,36H,17-21,25H2,1-8H3,(H,48,58)/t36-/m0/s1. The Morgan fingerprint density at radius 2 is 1.50 bits per heavy atom. The lowest BCUT2D eigenvalue weighted by Gasteiger charge is -2.38. The van der Waals surface area contributed by atoms with Crippen LogP contribution in [0.3, 0.4) is 0 Å². The fourth-order valence-corrected chi connectivity index (χ4v) is 7.81. The summed E-state index contributed by atoms with van der Waals surface area (Å²) in [6.45, 7) is 15.9. The van der Waals surface area contributed by atoms with E-state index in [0.29, 0.717) is 51.6 Å². The summed E-state index contributed by atoms with van der Waals surface area (Å²) in [6.07, 6.45) is 0.566. The zero-order valence-corrected chi connectivity index (χ0v) is 37.8. The summed E-state index contributed by atoms with van der Waals surface area (Å²) in [5.41, 5.74) is 0.887. The van der Waals surface area contributed by atoms with Gasteiger partial charge in [-0.25, -0.2) is 14.2 Å². The molecule has 0 spiro atoms. The van der Waals surface area contributed by atoms with E-state index in [1.165, 1.54) is 26.9 Å². The molecule has 1 N–H and O–H groups in total. The van der Waals surface area contributed by atoms with E-state index in [2.05, 4.69) is 39.6 Å². The fourth-order valence-electron chi connectivity index (χ4n) is 7.64. The number of nitrogens with zero attached hydrogens (tertiary/aromatic N) is 9. The lowest BCUT2D eigenvalue weighted by Crippen LogP contribution is -2.60. The Hall–Kier alpha value is -6.66. The lowest BCUT2D eigenvalue weighted by atomic mass is 10.0. The summed E-state index contributed by atoms with van der Waals surface area (Å²) >= 11 is 6.37. The first-order valence-corrected chi connectivity index (χ1v) is 21.3. The first-order chi connectivity index (χ1) is 30.2. The molecule has 336 valence electrons. The number of hydrogen-bond donors (Lipinski definition) is 1. The monoisotopic (exact) mass is 894 g/mol. The van der Waals surface area contributed by atoms with Crippen LogP contribution in [-0.2, 0) is 35.1 Å². The summed E-state index contributed by atoms with van der Waals surface area (Å²) in [4.78, 5) is 89.3. The van der Waals surface area contributed by atoms with Crippen LogP contribution in [0.4, 0.5) is 21.9 Å². The van der Waals surface area contributed by atoms with Gasteiger partial charge in [-0.2, -0.15) is 4.68 Å². The molecule has 18 nitrogen and oxygen atoms in total. The second-order valence-electron chi connectivity index (χ2n) is 17.9. The van der Waals surface area contributed by atoms with Crippen molar-refractivity contribution in [1.82, 2.24) is 34.6 Å². The van der Waals surface area contributed by atoms with Crippen molar-refractivity contribution in [1.29, 1.82) is 0 Å². The molecule has 19 heteroatoms. The lowest BCUT2D eigenvalue weighted by molar-refractivity contribution is -0.149. The molecule has 4 heterocycles. The summed E-state index contributed by atoms with van der Waals surface area (Å²) in [5.74, 6) is -3.19. The molecule has 3 aromatic carbocycles. The Bertz CT molecular complexity index is 2610. The highest BCUT2D eigenvalue weighted by molar-refractivity contribution is 6.41. The third-order valence-electron chi connectivity index (χ3n) is 10.7. The van der Waals surface area contributed by atoms with Gasteiger partial charge in [0, 0.05) is 60.4 Å². The quantitative estimate of drug-likeness (QED) is 0.137. The van der Waals surface area contributed by atoms with E-state index in [1.807, 2.05) is 12.1 Å². The molecule has 64 heavy (non-hydrogen) atoms. The van der Waals surface area contributed by atoms with Crippen LogP contribution in [0.5, 0.6) is 0 Å². The van der Waals surface area contributed by atoms with E-state index in [4.69, 9.17) is 21.1 Å². The van der Waals surface area contributed by atoms with Crippen molar-refractivity contribution in [3.63, 3.8) is 0 Å². The Morgan fingerprint density at radius 3 is 2.14 bits per heavy atom. The van der Waals surface area contributed by atoms with Gasteiger partial charge in [0.1, 0.15) is 29.3 Å². The molecule has 2 aliphatic rings. The minimum absolute atomic E-state index is 0.00477. The number of aromatic nitrogens is 5. The second-order valence-corrected chi connectivity index (χ2v) is 18.4. The number of tetrazole rings is 1. The van der Waals surface area contributed by atoms with E-state index in [0.717, 1.165) is 11.1 Å². The number of ether oxygens (including phenoxy) is 2. The molecule has 2 aromatic heterocycles. The third kappa shape index (κ3) is 9.92. The number of carbonyl (C=O) groups is 6. The SMILES string of the molecule is CC(C)N1CCN(c2ccc(C[C@@H](C(=O)Nc3ccc4c(c3)cc(C(=O)OC(C)(C)C)n4C(=O)OC(C)(C)C)N3CCN(c4cc(Cl)ccc4-n4cnnn4)C(=O)C3=O)cc2)C(=O)C1. The van der Waals surface area contributed by atoms with Crippen molar-refractivity contribution in [2.75, 3.05) is 47.8 Å². The van der Waals surface area contributed by atoms with Gasteiger partial charge in [-0.15, -0.1) is 5.10 Å². The number of fused-ring (bicyclic) bond motifs is 1. The van der Waals surface area contributed by atoms with Gasteiger partial charge in [-0.05, 0) is 126 Å². The highest BCUT2D eigenvalue weighted by Gasteiger charge is 2.41. The number of piperazine rings is 2. The number of halogens is 1. The van der Waals surface area contributed by atoms with Gasteiger partial charge >= 0.3 is 23.9 Å². The molecule has 2 fully saturated rings. The average molecular weight is 895 g/mol. The summed E-state index contributed by atoms with van der Waals surface area (Å²) in [7, 11) is 0. The van der Waals surface area contributed by atoms with Gasteiger partial charge in [0.15, 0.2) is 0 Å². The molecule has 1 atom stereocenters. The molecule has 0 bridgehead atoms. The largest absolute Gasteiger partial charge is 0.455 e. The van der Waals surface area contributed by atoms with Crippen molar-refractivity contribution < 1.29 is 38.2 Å². The van der Waals surface area contributed by atoms with E-state index in [-0.39, 0.29) is 42.8 Å². The maximum absolute atomic E-state index is 14.6. The van der Waals surface area contributed by atoms with Crippen molar-refractivity contribution in [3.8, 4) is 5.69 Å². The predicted octanol–water partition coefficient (Wildman–Crippen LogP) is 5.49. The topological polar surface area (TPSA) is 194 Å². The molecule has 0 aliphatic carbocycles. The molecule has 2 aliphatic heterocycles. The Morgan fingerprint density at radius 1 is 0.797 bits per heavy atom. The van der Waals surface area contributed by atoms with E-state index in [1.54, 1.807) is 95.0 Å². The molecule has 0 radical (unpaired) electrons. The molecule has 0 saturated carbocycles. The van der Waals surface area contributed by atoms with Gasteiger partial charge in [0.05, 0.1) is 23.4 Å². The van der Waals surface area contributed by atoms with Gasteiger partial charge in [-0.3, -0.25) is 24.1 Å². The van der Waals surface area contributed by atoms with Gasteiger partial charge in [-0.1, -0.05) is 23.7 Å². The van der Waals surface area contributed by atoms with Crippen molar-refractivity contribution in [2.24, 2.45) is 0 Å². The van der Waals surface area contributed by atoms with Crippen LogP contribution in [0, 0.1) is 0 Å². The minimum atomic E-state index is -1.20. The molecule has 4 amide bonds. The van der Waals surface area contributed by atoms with Gasteiger partial charge in [0.25, 0.3) is 0 Å². The fraction of sp³-hybridized carbons (Fsp3) is 0.400. The van der Waals surface area contributed by atoms with Crippen LogP contribution in [-0.4, -0.2) is 126 Å². The minimum Gasteiger partial charge on any atom is -0.455 e. The molecule has 5 aromatic rings. The summed E-state index contributed by atoms with van der Waals surface area (Å²) in [5, 5.41) is 15.0. The Labute approximate surface area is 375 Å². The summed E-state index contributed by atoms with van der Waals surface area (Å²) < 4.78 is 13.8. The normalized spacial score (nSPS) is 15.8. The van der Waals surface area contributed by atoms with E-state index in [9.17, 15) is 28.8 Å². The number of carbonyl (C=O) groups excluding carboxylic acids is 6. The number of esters is 1. The first-order valence-electron chi connectivity index (χ1n) is 20.9. The maximum Gasteiger partial charge on any atom is 0.419 e. The highest BCUT2D eigenvalue weighted by Crippen LogP contribution is 2.31. The molecular formula is C45H51ClN10O8. The Kier molecular flexibility index (Phi) is 12.6. The number of amides is 4. The third-order valence-corrected chi connectivity index (χ3v) is 10.9. The number of anilines is 3. The van der Waals surface area contributed by atoms with Crippen LogP contribution >= 0.6 is 11.6 Å². The van der Waals surface area contributed by atoms with Crippen LogP contribution in [0.1, 0.15) is 71.4 Å². The number of hydrogen-bond acceptors (Lipinski definition) is 12. The predicted molar refractivity (Wildman–Crippen MR) is 239 cm³/mol. The van der Waals surface area contributed by atoms with Crippen molar-refractivity contribution in [3.05, 3.63) is 89.3 Å². The maximum atomic E-state index is 14.6. The molecule has 0 unspecified atom stereocenters.